The molecule has 1 N–H and O–H groups in total. The third kappa shape index (κ3) is 6.72. The zero-order valence-corrected chi connectivity index (χ0v) is 15.4. The molecule has 1 aromatic heterocycles. The number of ether oxygens (including phenoxy) is 2. The van der Waals surface area contributed by atoms with Crippen molar-refractivity contribution >= 4 is 5.91 Å². The average molecular weight is 349 g/mol. The Labute approximate surface area is 150 Å². The van der Waals surface area contributed by atoms with Crippen LogP contribution in [-0.2, 0) is 20.8 Å². The maximum absolute atomic E-state index is 13.0. The fourth-order valence-corrected chi connectivity index (χ4v) is 3.10. The Morgan fingerprint density at radius 2 is 2.24 bits per heavy atom. The summed E-state index contributed by atoms with van der Waals surface area (Å²) >= 11 is 0. The first kappa shape index (κ1) is 19.8. The summed E-state index contributed by atoms with van der Waals surface area (Å²) in [6.45, 7) is 7.87. The van der Waals surface area contributed by atoms with Crippen LogP contribution in [0.4, 0.5) is 0 Å². The number of nitrogens with one attached hydrogen (secondary N) is 1. The Bertz CT molecular complexity index is 490. The van der Waals surface area contributed by atoms with Gasteiger partial charge in [-0.05, 0) is 58.3 Å². The summed E-state index contributed by atoms with van der Waals surface area (Å²) in [5.41, 5.74) is 0.912. The molecule has 1 aliphatic rings. The maximum Gasteiger partial charge on any atom is 0.252 e. The van der Waals surface area contributed by atoms with Gasteiger partial charge < -0.3 is 19.7 Å². The van der Waals surface area contributed by atoms with Gasteiger partial charge in [-0.25, -0.2) is 0 Å². The lowest BCUT2D eigenvalue weighted by atomic mass is 10.1. The van der Waals surface area contributed by atoms with Gasteiger partial charge in [0, 0.05) is 18.8 Å². The maximum atomic E-state index is 13.0. The molecule has 140 valence electrons. The molecule has 0 aliphatic carbocycles. The van der Waals surface area contributed by atoms with Crippen LogP contribution in [-0.4, -0.2) is 60.8 Å². The smallest absolute Gasteiger partial charge is 0.252 e. The van der Waals surface area contributed by atoms with E-state index in [1.54, 1.807) is 6.20 Å². The van der Waals surface area contributed by atoms with Crippen LogP contribution in [0.25, 0.3) is 0 Å². The Morgan fingerprint density at radius 1 is 1.36 bits per heavy atom. The zero-order valence-electron chi connectivity index (χ0n) is 15.4. The van der Waals surface area contributed by atoms with Crippen LogP contribution in [0.5, 0.6) is 0 Å². The first-order valence-corrected chi connectivity index (χ1v) is 9.32. The average Bonchev–Trinajstić information content (AvgIpc) is 2.92. The number of amides is 1. The summed E-state index contributed by atoms with van der Waals surface area (Å²) in [5.74, 6) is 0.0362. The van der Waals surface area contributed by atoms with Crippen LogP contribution < -0.4 is 5.32 Å². The molecule has 1 fully saturated rings. The second-order valence-corrected chi connectivity index (χ2v) is 6.33. The van der Waals surface area contributed by atoms with E-state index in [1.807, 2.05) is 36.9 Å². The van der Waals surface area contributed by atoms with Crippen LogP contribution in [0, 0.1) is 0 Å². The van der Waals surface area contributed by atoms with Crippen molar-refractivity contribution in [3.05, 3.63) is 30.1 Å². The number of pyridine rings is 1. The van der Waals surface area contributed by atoms with Gasteiger partial charge in [-0.2, -0.15) is 0 Å². The molecule has 0 bridgehead atoms. The number of rotatable bonds is 9. The number of nitrogens with zero attached hydrogens (tertiary/aromatic N) is 2. The van der Waals surface area contributed by atoms with Crippen molar-refractivity contribution in [2.24, 2.45) is 0 Å². The third-order valence-electron chi connectivity index (χ3n) is 4.47. The van der Waals surface area contributed by atoms with Crippen molar-refractivity contribution in [1.29, 1.82) is 0 Å². The van der Waals surface area contributed by atoms with E-state index < -0.39 is 6.10 Å². The molecule has 0 aromatic carbocycles. The van der Waals surface area contributed by atoms with Crippen molar-refractivity contribution in [3.8, 4) is 0 Å². The van der Waals surface area contributed by atoms with Crippen molar-refractivity contribution in [2.75, 3.05) is 32.9 Å². The minimum Gasteiger partial charge on any atom is -0.379 e. The molecule has 2 rings (SSSR count). The van der Waals surface area contributed by atoms with Crippen molar-refractivity contribution in [3.63, 3.8) is 0 Å². The lowest BCUT2D eigenvalue weighted by molar-refractivity contribution is -0.147. The van der Waals surface area contributed by atoms with Crippen molar-refractivity contribution in [2.45, 2.75) is 51.8 Å². The summed E-state index contributed by atoms with van der Waals surface area (Å²) in [6.07, 6.45) is 4.35. The second kappa shape index (κ2) is 11.2. The summed E-state index contributed by atoms with van der Waals surface area (Å²) in [6, 6.07) is 6.05. The molecule has 1 saturated heterocycles. The third-order valence-corrected chi connectivity index (χ3v) is 4.47. The van der Waals surface area contributed by atoms with E-state index in [1.165, 1.54) is 0 Å². The molecule has 1 aliphatic heterocycles. The molecule has 25 heavy (non-hydrogen) atoms. The molecular formula is C19H31N3O3. The monoisotopic (exact) mass is 349 g/mol. The van der Waals surface area contributed by atoms with E-state index in [0.29, 0.717) is 26.4 Å². The highest BCUT2D eigenvalue weighted by Gasteiger charge is 2.28. The van der Waals surface area contributed by atoms with Crippen molar-refractivity contribution in [1.82, 2.24) is 15.2 Å². The fraction of sp³-hybridized carbons (Fsp3) is 0.684. The number of carbonyl (C=O) groups excluding carboxylic acids is 1. The summed E-state index contributed by atoms with van der Waals surface area (Å²) in [4.78, 5) is 19.4. The van der Waals surface area contributed by atoms with E-state index in [4.69, 9.17) is 9.47 Å². The highest BCUT2D eigenvalue weighted by atomic mass is 16.5. The molecule has 2 unspecified atom stereocenters. The molecule has 6 nitrogen and oxygen atoms in total. The van der Waals surface area contributed by atoms with Gasteiger partial charge >= 0.3 is 0 Å². The fourth-order valence-electron chi connectivity index (χ4n) is 3.10. The predicted molar refractivity (Wildman–Crippen MR) is 97.2 cm³/mol. The van der Waals surface area contributed by atoms with Gasteiger partial charge in [-0.15, -0.1) is 0 Å². The summed E-state index contributed by atoms with van der Waals surface area (Å²) in [7, 11) is 0. The van der Waals surface area contributed by atoms with Gasteiger partial charge in [0.2, 0.25) is 0 Å². The number of aromatic nitrogens is 1. The zero-order chi connectivity index (χ0) is 17.9. The molecule has 1 aromatic rings. The molecule has 2 atom stereocenters. The standard InChI is InChI=1S/C19H31N3O3/c1-3-24-13-14-25-16(2)19(23)22(15-17-7-4-5-11-21-17)18-8-6-10-20-12-9-18/h4-5,7,11,16,18,20H,3,6,8-10,12-15H2,1-2H3. The van der Waals surface area contributed by atoms with Gasteiger partial charge in [-0.3, -0.25) is 9.78 Å². The molecule has 0 radical (unpaired) electrons. The molecule has 2 heterocycles. The van der Waals surface area contributed by atoms with E-state index in [-0.39, 0.29) is 11.9 Å². The van der Waals surface area contributed by atoms with Crippen LogP contribution in [0.3, 0.4) is 0 Å². The highest BCUT2D eigenvalue weighted by Crippen LogP contribution is 2.18. The molecule has 0 saturated carbocycles. The Kier molecular flexibility index (Phi) is 8.86. The lowest BCUT2D eigenvalue weighted by Crippen LogP contribution is -2.45. The van der Waals surface area contributed by atoms with E-state index >= 15 is 0 Å². The van der Waals surface area contributed by atoms with E-state index in [2.05, 4.69) is 10.3 Å². The number of carbonyl (C=O) groups is 1. The number of hydrogen-bond donors (Lipinski definition) is 1. The van der Waals surface area contributed by atoms with Crippen LogP contribution in [0.15, 0.2) is 24.4 Å². The highest BCUT2D eigenvalue weighted by molar-refractivity contribution is 5.80. The Hall–Kier alpha value is -1.50. The summed E-state index contributed by atoms with van der Waals surface area (Å²) < 4.78 is 11.0. The van der Waals surface area contributed by atoms with Gasteiger partial charge in [0.15, 0.2) is 0 Å². The van der Waals surface area contributed by atoms with Gasteiger partial charge in [0.1, 0.15) is 6.10 Å². The lowest BCUT2D eigenvalue weighted by Gasteiger charge is -2.33. The van der Waals surface area contributed by atoms with E-state index in [0.717, 1.165) is 38.0 Å². The Morgan fingerprint density at radius 3 is 3.00 bits per heavy atom. The molecule has 1 amide bonds. The molecular weight excluding hydrogens is 318 g/mol. The van der Waals surface area contributed by atoms with Crippen molar-refractivity contribution < 1.29 is 14.3 Å². The quantitative estimate of drug-likeness (QED) is 0.691. The molecule has 0 spiro atoms. The predicted octanol–water partition coefficient (Wildman–Crippen LogP) is 1.99. The first-order valence-electron chi connectivity index (χ1n) is 9.32. The largest absolute Gasteiger partial charge is 0.379 e. The second-order valence-electron chi connectivity index (χ2n) is 6.33. The van der Waals surface area contributed by atoms with E-state index in [9.17, 15) is 4.79 Å². The molecule has 6 heteroatoms. The first-order chi connectivity index (χ1) is 12.2. The normalized spacial score (nSPS) is 19.2. The van der Waals surface area contributed by atoms with Crippen LogP contribution in [0.2, 0.25) is 0 Å². The van der Waals surface area contributed by atoms with Crippen LogP contribution >= 0.6 is 0 Å². The van der Waals surface area contributed by atoms with Gasteiger partial charge in [-0.1, -0.05) is 6.07 Å². The van der Waals surface area contributed by atoms with Gasteiger partial charge in [0.05, 0.1) is 25.5 Å². The minimum absolute atomic E-state index is 0.0362. The van der Waals surface area contributed by atoms with Gasteiger partial charge in [0.25, 0.3) is 5.91 Å². The van der Waals surface area contributed by atoms with Crippen LogP contribution in [0.1, 0.15) is 38.8 Å². The number of hydrogen-bond acceptors (Lipinski definition) is 5. The SMILES string of the molecule is CCOCCOC(C)C(=O)N(Cc1ccccn1)C1CCCNCC1. The summed E-state index contributed by atoms with van der Waals surface area (Å²) in [5, 5.41) is 3.41. The minimum atomic E-state index is -0.472. The topological polar surface area (TPSA) is 63.7 Å². The Balaban J connectivity index is 2.02.